The van der Waals surface area contributed by atoms with E-state index in [1.165, 1.54) is 15.7 Å². The van der Waals surface area contributed by atoms with Gasteiger partial charge in [0, 0.05) is 24.2 Å². The SMILES string of the molecule is Cc1cn(C)c2c(-c3nnn(C)n3)cccc12. The topological polar surface area (TPSA) is 48.5 Å². The standard InChI is InChI=1S/C12H13N5/c1-8-7-16(2)11-9(8)5-4-6-10(11)12-13-15-17(3)14-12/h4-7H,1-3H3. The summed E-state index contributed by atoms with van der Waals surface area (Å²) in [7, 11) is 3.81. The Labute approximate surface area is 98.7 Å². The van der Waals surface area contributed by atoms with E-state index in [4.69, 9.17) is 0 Å². The van der Waals surface area contributed by atoms with Crippen LogP contribution in [0.15, 0.2) is 24.4 Å². The Balaban J connectivity index is 2.37. The number of para-hydroxylation sites is 1. The monoisotopic (exact) mass is 227 g/mol. The molecule has 17 heavy (non-hydrogen) atoms. The molecule has 0 aliphatic rings. The van der Waals surface area contributed by atoms with Crippen LogP contribution in [0.5, 0.6) is 0 Å². The lowest BCUT2D eigenvalue weighted by Crippen LogP contribution is -1.93. The van der Waals surface area contributed by atoms with Crippen LogP contribution in [0.2, 0.25) is 0 Å². The molecule has 0 radical (unpaired) electrons. The number of rotatable bonds is 1. The summed E-state index contributed by atoms with van der Waals surface area (Å²) in [5, 5.41) is 13.5. The second kappa shape index (κ2) is 3.41. The summed E-state index contributed by atoms with van der Waals surface area (Å²) in [4.78, 5) is 1.48. The van der Waals surface area contributed by atoms with Crippen LogP contribution < -0.4 is 0 Å². The molecule has 0 saturated carbocycles. The summed E-state index contributed by atoms with van der Waals surface area (Å²) < 4.78 is 2.11. The average molecular weight is 227 g/mol. The van der Waals surface area contributed by atoms with E-state index in [1.54, 1.807) is 7.05 Å². The van der Waals surface area contributed by atoms with Gasteiger partial charge < -0.3 is 4.57 Å². The van der Waals surface area contributed by atoms with E-state index in [0.717, 1.165) is 11.1 Å². The average Bonchev–Trinajstić information content (AvgIpc) is 2.85. The molecular formula is C12H13N5. The van der Waals surface area contributed by atoms with Crippen LogP contribution in [0, 0.1) is 6.92 Å². The molecule has 86 valence electrons. The zero-order chi connectivity index (χ0) is 12.0. The van der Waals surface area contributed by atoms with E-state index in [-0.39, 0.29) is 0 Å². The van der Waals surface area contributed by atoms with Crippen LogP contribution in [-0.2, 0) is 14.1 Å². The smallest absolute Gasteiger partial charge is 0.207 e. The first kappa shape index (κ1) is 10.0. The molecule has 3 aromatic rings. The second-order valence-electron chi connectivity index (χ2n) is 4.23. The predicted molar refractivity (Wildman–Crippen MR) is 65.4 cm³/mol. The molecule has 0 atom stereocenters. The van der Waals surface area contributed by atoms with E-state index < -0.39 is 0 Å². The zero-order valence-electron chi connectivity index (χ0n) is 10.0. The second-order valence-corrected chi connectivity index (χ2v) is 4.23. The molecule has 0 N–H and O–H groups in total. The summed E-state index contributed by atoms with van der Waals surface area (Å²) in [5.41, 5.74) is 3.43. The van der Waals surface area contributed by atoms with Gasteiger partial charge in [-0.25, -0.2) is 0 Å². The lowest BCUT2D eigenvalue weighted by molar-refractivity contribution is 0.630. The summed E-state index contributed by atoms with van der Waals surface area (Å²) in [6.07, 6.45) is 2.12. The van der Waals surface area contributed by atoms with Gasteiger partial charge in [0.15, 0.2) is 0 Å². The molecule has 0 spiro atoms. The fraction of sp³-hybridized carbons (Fsp3) is 0.250. The van der Waals surface area contributed by atoms with Gasteiger partial charge >= 0.3 is 0 Å². The normalized spacial score (nSPS) is 11.2. The van der Waals surface area contributed by atoms with Crippen molar-refractivity contribution in [1.82, 2.24) is 24.8 Å². The summed E-state index contributed by atoms with van der Waals surface area (Å²) in [6, 6.07) is 6.17. The number of aryl methyl sites for hydroxylation is 3. The molecular weight excluding hydrogens is 214 g/mol. The molecule has 3 rings (SSSR count). The van der Waals surface area contributed by atoms with Crippen molar-refractivity contribution in [3.8, 4) is 11.4 Å². The Morgan fingerprint density at radius 3 is 2.71 bits per heavy atom. The molecule has 5 heteroatoms. The fourth-order valence-electron chi connectivity index (χ4n) is 2.24. The van der Waals surface area contributed by atoms with Crippen LogP contribution in [0.4, 0.5) is 0 Å². The van der Waals surface area contributed by atoms with Gasteiger partial charge in [0.25, 0.3) is 0 Å². The molecule has 1 aromatic carbocycles. The number of nitrogens with zero attached hydrogens (tertiary/aromatic N) is 5. The Hall–Kier alpha value is -2.17. The number of hydrogen-bond acceptors (Lipinski definition) is 3. The maximum atomic E-state index is 4.26. The molecule has 2 heterocycles. The third kappa shape index (κ3) is 1.43. The highest BCUT2D eigenvalue weighted by molar-refractivity contribution is 5.94. The number of fused-ring (bicyclic) bond motifs is 1. The fourth-order valence-corrected chi connectivity index (χ4v) is 2.24. The van der Waals surface area contributed by atoms with E-state index >= 15 is 0 Å². The highest BCUT2D eigenvalue weighted by atomic mass is 15.6. The Morgan fingerprint density at radius 1 is 1.18 bits per heavy atom. The maximum Gasteiger partial charge on any atom is 0.207 e. The molecule has 5 nitrogen and oxygen atoms in total. The highest BCUT2D eigenvalue weighted by Gasteiger charge is 2.12. The Kier molecular flexibility index (Phi) is 2.01. The minimum atomic E-state index is 0.666. The van der Waals surface area contributed by atoms with Crippen molar-refractivity contribution in [2.75, 3.05) is 0 Å². The Morgan fingerprint density at radius 2 is 2.00 bits per heavy atom. The van der Waals surface area contributed by atoms with Crippen LogP contribution >= 0.6 is 0 Å². The van der Waals surface area contributed by atoms with Gasteiger partial charge in [-0.3, -0.25) is 0 Å². The van der Waals surface area contributed by atoms with Gasteiger partial charge in [-0.1, -0.05) is 12.1 Å². The van der Waals surface area contributed by atoms with Crippen LogP contribution in [0.3, 0.4) is 0 Å². The maximum absolute atomic E-state index is 4.26. The minimum absolute atomic E-state index is 0.666. The third-order valence-corrected chi connectivity index (χ3v) is 2.95. The largest absolute Gasteiger partial charge is 0.350 e. The van der Waals surface area contributed by atoms with Crippen LogP contribution in [0.25, 0.3) is 22.3 Å². The van der Waals surface area contributed by atoms with E-state index in [2.05, 4.69) is 39.2 Å². The van der Waals surface area contributed by atoms with Gasteiger partial charge in [0.05, 0.1) is 12.6 Å². The lowest BCUT2D eigenvalue weighted by Gasteiger charge is -2.01. The van der Waals surface area contributed by atoms with Gasteiger partial charge in [-0.2, -0.15) is 4.80 Å². The predicted octanol–water partition coefficient (Wildman–Crippen LogP) is 1.68. The minimum Gasteiger partial charge on any atom is -0.350 e. The van der Waals surface area contributed by atoms with Crippen molar-refractivity contribution in [1.29, 1.82) is 0 Å². The van der Waals surface area contributed by atoms with Crippen molar-refractivity contribution < 1.29 is 0 Å². The highest BCUT2D eigenvalue weighted by Crippen LogP contribution is 2.28. The molecule has 0 saturated heterocycles. The molecule has 0 aliphatic carbocycles. The number of hydrogen-bond donors (Lipinski definition) is 0. The first-order valence-corrected chi connectivity index (χ1v) is 5.46. The van der Waals surface area contributed by atoms with Crippen molar-refractivity contribution in [2.45, 2.75) is 6.92 Å². The first-order chi connectivity index (χ1) is 8.16. The summed E-state index contributed by atoms with van der Waals surface area (Å²) >= 11 is 0. The molecule has 2 aromatic heterocycles. The first-order valence-electron chi connectivity index (χ1n) is 5.46. The molecule has 0 aliphatic heterocycles. The summed E-state index contributed by atoms with van der Waals surface area (Å²) in [5.74, 6) is 0.666. The van der Waals surface area contributed by atoms with Crippen molar-refractivity contribution in [3.05, 3.63) is 30.0 Å². The summed E-state index contributed by atoms with van der Waals surface area (Å²) in [6.45, 7) is 2.11. The van der Waals surface area contributed by atoms with E-state index in [0.29, 0.717) is 5.82 Å². The van der Waals surface area contributed by atoms with Gasteiger partial charge in [-0.15, -0.1) is 10.2 Å². The van der Waals surface area contributed by atoms with E-state index in [1.807, 2.05) is 19.2 Å². The lowest BCUT2D eigenvalue weighted by atomic mass is 10.1. The van der Waals surface area contributed by atoms with Crippen LogP contribution in [0.1, 0.15) is 5.56 Å². The number of tetrazole rings is 1. The molecule has 0 amide bonds. The van der Waals surface area contributed by atoms with Gasteiger partial charge in [-0.05, 0) is 23.8 Å². The van der Waals surface area contributed by atoms with Crippen molar-refractivity contribution in [3.63, 3.8) is 0 Å². The molecule has 0 unspecified atom stereocenters. The quantitative estimate of drug-likeness (QED) is 0.635. The third-order valence-electron chi connectivity index (χ3n) is 2.95. The Bertz CT molecular complexity index is 692. The van der Waals surface area contributed by atoms with Crippen LogP contribution in [-0.4, -0.2) is 24.8 Å². The zero-order valence-corrected chi connectivity index (χ0v) is 10.0. The van der Waals surface area contributed by atoms with Crippen molar-refractivity contribution >= 4 is 10.9 Å². The van der Waals surface area contributed by atoms with Gasteiger partial charge in [0.1, 0.15) is 0 Å². The van der Waals surface area contributed by atoms with Crippen molar-refractivity contribution in [2.24, 2.45) is 14.1 Å². The molecule has 0 fully saturated rings. The number of benzene rings is 1. The van der Waals surface area contributed by atoms with Gasteiger partial charge in [0.2, 0.25) is 5.82 Å². The molecule has 0 bridgehead atoms. The number of aromatic nitrogens is 5. The van der Waals surface area contributed by atoms with E-state index in [9.17, 15) is 0 Å².